The lowest BCUT2D eigenvalue weighted by atomic mass is 9.76. The van der Waals surface area contributed by atoms with Crippen molar-refractivity contribution in [2.24, 2.45) is 5.92 Å². The van der Waals surface area contributed by atoms with Crippen LogP contribution in [0.4, 0.5) is 0 Å². The summed E-state index contributed by atoms with van der Waals surface area (Å²) in [6, 6.07) is 16.2. The van der Waals surface area contributed by atoms with Crippen molar-refractivity contribution in [2.75, 3.05) is 20.1 Å². The third-order valence-electron chi connectivity index (χ3n) is 9.32. The highest BCUT2D eigenvalue weighted by Crippen LogP contribution is 2.45. The first-order chi connectivity index (χ1) is 19.4. The second kappa shape index (κ2) is 11.7. The Morgan fingerprint density at radius 2 is 1.44 bits per heavy atom. The minimum absolute atomic E-state index is 0.0277. The van der Waals surface area contributed by atoms with Crippen molar-refractivity contribution in [1.29, 1.82) is 0 Å². The monoisotopic (exact) mass is 612 g/mol. The van der Waals surface area contributed by atoms with E-state index in [9.17, 15) is 13.2 Å². The molecule has 0 N–H and O–H groups in total. The maximum Gasteiger partial charge on any atom is 0.243 e. The number of nitrogens with zero attached hydrogens (tertiary/aromatic N) is 2. The Hall–Kier alpha value is -2.38. The van der Waals surface area contributed by atoms with Gasteiger partial charge in [-0.25, -0.2) is 8.42 Å². The highest BCUT2D eigenvalue weighted by molar-refractivity contribution is 7.89. The number of piperidine rings is 1. The Morgan fingerprint density at radius 1 is 0.829 bits per heavy atom. The number of carbonyl (C=O) groups is 1. The molecule has 1 aliphatic heterocycles. The molecule has 2 atom stereocenters. The van der Waals surface area contributed by atoms with Crippen LogP contribution in [0.3, 0.4) is 0 Å². The van der Waals surface area contributed by atoms with Crippen molar-refractivity contribution < 1.29 is 13.2 Å². The lowest BCUT2D eigenvalue weighted by molar-refractivity contribution is -0.138. The van der Waals surface area contributed by atoms with Gasteiger partial charge >= 0.3 is 0 Å². The Bertz CT molecular complexity index is 1570. The van der Waals surface area contributed by atoms with E-state index >= 15 is 0 Å². The van der Waals surface area contributed by atoms with E-state index in [-0.39, 0.29) is 23.8 Å². The van der Waals surface area contributed by atoms with Gasteiger partial charge in [-0.3, -0.25) is 4.79 Å². The van der Waals surface area contributed by atoms with E-state index in [1.165, 1.54) is 5.56 Å². The highest BCUT2D eigenvalue weighted by atomic mass is 35.5. The summed E-state index contributed by atoms with van der Waals surface area (Å²) < 4.78 is 29.0. The predicted octanol–water partition coefficient (Wildman–Crippen LogP) is 7.75. The summed E-state index contributed by atoms with van der Waals surface area (Å²) in [7, 11) is -1.75. The fourth-order valence-electron chi connectivity index (χ4n) is 6.73. The Morgan fingerprint density at radius 3 is 2.05 bits per heavy atom. The van der Waals surface area contributed by atoms with Crippen LogP contribution in [0, 0.1) is 33.6 Å². The van der Waals surface area contributed by atoms with Gasteiger partial charge in [0.1, 0.15) is 0 Å². The molecule has 3 aromatic rings. The number of sulfonamides is 1. The lowest BCUT2D eigenvalue weighted by Crippen LogP contribution is -2.45. The van der Waals surface area contributed by atoms with E-state index in [1.54, 1.807) is 4.31 Å². The second-order valence-corrected chi connectivity index (χ2v) is 14.4. The molecule has 2 aliphatic rings. The molecule has 0 spiro atoms. The summed E-state index contributed by atoms with van der Waals surface area (Å²) in [5.74, 6) is 0.0767. The number of hydrogen-bond acceptors (Lipinski definition) is 3. The van der Waals surface area contributed by atoms with Crippen molar-refractivity contribution in [2.45, 2.75) is 70.2 Å². The molecule has 0 aromatic heterocycles. The topological polar surface area (TPSA) is 57.7 Å². The molecule has 41 heavy (non-hydrogen) atoms. The lowest BCUT2D eigenvalue weighted by Gasteiger charge is -2.39. The maximum absolute atomic E-state index is 13.8. The van der Waals surface area contributed by atoms with Crippen LogP contribution in [0.15, 0.2) is 53.4 Å². The number of amides is 1. The van der Waals surface area contributed by atoms with Crippen LogP contribution >= 0.6 is 23.2 Å². The van der Waals surface area contributed by atoms with Gasteiger partial charge in [-0.15, -0.1) is 0 Å². The van der Waals surface area contributed by atoms with Gasteiger partial charge in [0.05, 0.1) is 21.0 Å². The molecule has 0 saturated carbocycles. The third kappa shape index (κ3) is 5.56. The van der Waals surface area contributed by atoms with Crippen LogP contribution in [-0.2, 0) is 14.8 Å². The van der Waals surface area contributed by atoms with E-state index in [2.05, 4.69) is 12.1 Å². The zero-order chi connectivity index (χ0) is 29.6. The fraction of sp³-hybridized carbons (Fsp3) is 0.424. The minimum atomic E-state index is -3.65. The zero-order valence-electron chi connectivity index (χ0n) is 24.4. The molecule has 5 rings (SSSR count). The molecule has 218 valence electrons. The van der Waals surface area contributed by atoms with Gasteiger partial charge in [0.25, 0.3) is 0 Å². The van der Waals surface area contributed by atoms with Gasteiger partial charge in [0.2, 0.25) is 15.9 Å². The first-order valence-electron chi connectivity index (χ1n) is 14.3. The van der Waals surface area contributed by atoms with Gasteiger partial charge in [0.15, 0.2) is 0 Å². The predicted molar refractivity (Wildman–Crippen MR) is 166 cm³/mol. The first-order valence-corrected chi connectivity index (χ1v) is 16.5. The molecular formula is C33H38Cl2N2O3S. The standard InChI is InChI=1S/C33H38Cl2N2O3S/c1-20-18-21(2)23(4)32(22(20)3)41(39,40)37-16-14-24(15-17-37)33(38)36(5)31-13-11-26(27-8-6-7-9-28(27)31)25-10-12-29(34)30(35)19-25/h6-10,12,18-19,24,26,31H,11,13-17H2,1-5H3/t26-,31-/m0/s1. The van der Waals surface area contributed by atoms with Crippen molar-refractivity contribution in [1.82, 2.24) is 9.21 Å². The van der Waals surface area contributed by atoms with Crippen LogP contribution in [0.1, 0.15) is 76.6 Å². The zero-order valence-corrected chi connectivity index (χ0v) is 26.7. The average molecular weight is 614 g/mol. The van der Waals surface area contributed by atoms with Gasteiger partial charge in [-0.1, -0.05) is 59.6 Å². The Balaban J connectivity index is 1.31. The molecular weight excluding hydrogens is 575 g/mol. The second-order valence-electron chi connectivity index (χ2n) is 11.7. The molecule has 1 aliphatic carbocycles. The van der Waals surface area contributed by atoms with Crippen molar-refractivity contribution in [3.8, 4) is 0 Å². The van der Waals surface area contributed by atoms with Crippen LogP contribution in [0.5, 0.6) is 0 Å². The van der Waals surface area contributed by atoms with Crippen LogP contribution in [0.25, 0.3) is 0 Å². The van der Waals surface area contributed by atoms with Gasteiger partial charge in [0, 0.05) is 32.0 Å². The first kappa shape index (κ1) is 30.1. The summed E-state index contributed by atoms with van der Waals surface area (Å²) in [6.07, 6.45) is 2.77. The van der Waals surface area contributed by atoms with Gasteiger partial charge in [-0.05, 0) is 104 Å². The molecule has 0 unspecified atom stereocenters. The molecule has 3 aromatic carbocycles. The van der Waals surface area contributed by atoms with E-state index in [0.29, 0.717) is 40.9 Å². The molecule has 1 amide bonds. The van der Waals surface area contributed by atoms with Gasteiger partial charge < -0.3 is 4.90 Å². The maximum atomic E-state index is 13.8. The normalized spacial score (nSPS) is 20.1. The molecule has 8 heteroatoms. The molecule has 1 heterocycles. The molecule has 1 saturated heterocycles. The molecule has 5 nitrogen and oxygen atoms in total. The summed E-state index contributed by atoms with van der Waals surface area (Å²) in [5, 5.41) is 1.09. The molecule has 0 bridgehead atoms. The summed E-state index contributed by atoms with van der Waals surface area (Å²) in [4.78, 5) is 16.1. The van der Waals surface area contributed by atoms with Crippen molar-refractivity contribution in [3.05, 3.63) is 97.5 Å². The quantitative estimate of drug-likeness (QED) is 0.296. The van der Waals surface area contributed by atoms with Crippen molar-refractivity contribution >= 4 is 39.1 Å². The Labute approximate surface area is 254 Å². The van der Waals surface area contributed by atoms with E-state index in [1.807, 2.05) is 76.0 Å². The van der Waals surface area contributed by atoms with E-state index < -0.39 is 10.0 Å². The molecule has 1 fully saturated rings. The minimum Gasteiger partial charge on any atom is -0.338 e. The summed E-state index contributed by atoms with van der Waals surface area (Å²) in [6.45, 7) is 8.37. The smallest absolute Gasteiger partial charge is 0.243 e. The number of carbonyl (C=O) groups excluding carboxylic acids is 1. The number of fused-ring (bicyclic) bond motifs is 1. The average Bonchev–Trinajstić information content (AvgIpc) is 2.96. The third-order valence-corrected chi connectivity index (χ3v) is 12.2. The SMILES string of the molecule is Cc1cc(C)c(C)c(S(=O)(=O)N2CCC(C(=O)N(C)[C@H]3CC[C@@H](c4ccc(Cl)c(Cl)c4)c4ccccc43)CC2)c1C. The molecule has 0 radical (unpaired) electrons. The van der Waals surface area contributed by atoms with Crippen molar-refractivity contribution in [3.63, 3.8) is 0 Å². The number of rotatable bonds is 5. The number of benzene rings is 3. The van der Waals surface area contributed by atoms with Crippen LogP contribution in [-0.4, -0.2) is 43.7 Å². The van der Waals surface area contributed by atoms with Crippen LogP contribution < -0.4 is 0 Å². The number of hydrogen-bond donors (Lipinski definition) is 0. The Kier molecular flexibility index (Phi) is 8.60. The van der Waals surface area contributed by atoms with Gasteiger partial charge in [-0.2, -0.15) is 4.31 Å². The summed E-state index contributed by atoms with van der Waals surface area (Å²) in [5.41, 5.74) is 7.07. The highest BCUT2D eigenvalue weighted by Gasteiger charge is 2.38. The summed E-state index contributed by atoms with van der Waals surface area (Å²) >= 11 is 12.5. The van der Waals surface area contributed by atoms with E-state index in [0.717, 1.165) is 46.2 Å². The number of aryl methyl sites for hydroxylation is 2. The van der Waals surface area contributed by atoms with E-state index in [4.69, 9.17) is 23.2 Å². The largest absolute Gasteiger partial charge is 0.338 e. The van der Waals surface area contributed by atoms with Crippen LogP contribution in [0.2, 0.25) is 10.0 Å². The number of halogens is 2. The fourth-order valence-corrected chi connectivity index (χ4v) is 9.08.